The van der Waals surface area contributed by atoms with E-state index in [4.69, 9.17) is 0 Å². The smallest absolute Gasteiger partial charge is 0.224 e. The molecule has 2 fully saturated rings. The lowest BCUT2D eigenvalue weighted by Crippen LogP contribution is -2.41. The zero-order chi connectivity index (χ0) is 14.7. The van der Waals surface area contributed by atoms with Crippen LogP contribution in [-0.4, -0.2) is 46.6 Å². The van der Waals surface area contributed by atoms with Crippen LogP contribution in [0.5, 0.6) is 0 Å². The largest absolute Gasteiger partial charge is 0.365 e. The van der Waals surface area contributed by atoms with Gasteiger partial charge in [0, 0.05) is 31.4 Å². The van der Waals surface area contributed by atoms with Crippen LogP contribution in [0.4, 0.5) is 11.8 Å². The van der Waals surface area contributed by atoms with E-state index >= 15 is 0 Å². The van der Waals surface area contributed by atoms with E-state index in [1.165, 1.54) is 38.8 Å². The molecule has 0 spiro atoms. The zero-order valence-electron chi connectivity index (χ0n) is 12.6. The topological polar surface area (TPSA) is 53.1 Å². The summed E-state index contributed by atoms with van der Waals surface area (Å²) in [4.78, 5) is 11.6. The molecule has 0 aromatic carbocycles. The van der Waals surface area contributed by atoms with Crippen LogP contribution in [0.15, 0.2) is 10.7 Å². The van der Waals surface area contributed by atoms with Gasteiger partial charge in [-0.15, -0.1) is 0 Å². The Bertz CT molecular complexity index is 481. The summed E-state index contributed by atoms with van der Waals surface area (Å²) in [5.74, 6) is 1.63. The molecule has 2 aliphatic rings. The first-order chi connectivity index (χ1) is 10.3. The maximum atomic E-state index is 4.61. The molecule has 0 aliphatic carbocycles. The van der Waals surface area contributed by atoms with E-state index < -0.39 is 0 Å². The maximum absolute atomic E-state index is 4.61. The van der Waals surface area contributed by atoms with Gasteiger partial charge >= 0.3 is 0 Å². The molecule has 2 saturated heterocycles. The second kappa shape index (κ2) is 6.92. The van der Waals surface area contributed by atoms with Crippen molar-refractivity contribution < 1.29 is 0 Å². The molecule has 116 valence electrons. The lowest BCUT2D eigenvalue weighted by molar-refractivity contribution is 0.192. The minimum atomic E-state index is 0.510. The number of nitrogens with zero attached hydrogens (tertiary/aromatic N) is 3. The first-order valence-corrected chi connectivity index (χ1v) is 8.84. The van der Waals surface area contributed by atoms with E-state index in [-0.39, 0.29) is 0 Å². The molecule has 3 heterocycles. The third-order valence-corrected chi connectivity index (χ3v) is 5.04. The molecule has 2 aliphatic heterocycles. The van der Waals surface area contributed by atoms with Gasteiger partial charge in [0.2, 0.25) is 5.95 Å². The first kappa shape index (κ1) is 15.0. The molecular formula is C15H24BrN5. The molecule has 2 atom stereocenters. The highest BCUT2D eigenvalue weighted by Gasteiger charge is 2.35. The zero-order valence-corrected chi connectivity index (χ0v) is 14.2. The van der Waals surface area contributed by atoms with Gasteiger partial charge in [-0.05, 0) is 48.2 Å². The summed E-state index contributed by atoms with van der Waals surface area (Å²) in [6.45, 7) is 5.52. The molecule has 6 heteroatoms. The fourth-order valence-corrected chi connectivity index (χ4v) is 3.69. The van der Waals surface area contributed by atoms with Crippen molar-refractivity contribution in [3.63, 3.8) is 0 Å². The number of fused-ring (bicyclic) bond motifs is 1. The fraction of sp³-hybridized carbons (Fsp3) is 0.733. The fourth-order valence-electron chi connectivity index (χ4n) is 3.38. The lowest BCUT2D eigenvalue weighted by atomic mass is 9.99. The maximum Gasteiger partial charge on any atom is 0.224 e. The number of nitrogens with one attached hydrogen (secondary N) is 2. The highest BCUT2D eigenvalue weighted by molar-refractivity contribution is 9.10. The molecule has 0 amide bonds. The summed E-state index contributed by atoms with van der Waals surface area (Å²) < 4.78 is 0.943. The van der Waals surface area contributed by atoms with E-state index in [2.05, 4.69) is 48.4 Å². The van der Waals surface area contributed by atoms with Crippen molar-refractivity contribution in [2.24, 2.45) is 0 Å². The summed E-state index contributed by atoms with van der Waals surface area (Å²) in [5.41, 5.74) is 0. The Hall–Kier alpha value is -0.880. The molecule has 0 radical (unpaired) electrons. The van der Waals surface area contributed by atoms with Crippen LogP contribution in [0.1, 0.15) is 39.0 Å². The van der Waals surface area contributed by atoms with Crippen LogP contribution < -0.4 is 10.6 Å². The Balaban J connectivity index is 1.69. The van der Waals surface area contributed by atoms with E-state index in [1.807, 2.05) is 6.20 Å². The number of anilines is 2. The van der Waals surface area contributed by atoms with Crippen LogP contribution in [0, 0.1) is 0 Å². The highest BCUT2D eigenvalue weighted by atomic mass is 79.9. The standard InChI is InChI=1S/C15H24BrN5/c1-2-7-17-15-18-10-11(16)14(20-15)19-12-6-9-21-8-4-3-5-13(12)21/h10,12-13H,2-9H2,1H3,(H2,17,18,19,20). The van der Waals surface area contributed by atoms with Gasteiger partial charge in [0.05, 0.1) is 4.47 Å². The van der Waals surface area contributed by atoms with Crippen molar-refractivity contribution >= 4 is 27.7 Å². The second-order valence-electron chi connectivity index (χ2n) is 5.96. The Morgan fingerprint density at radius 2 is 2.24 bits per heavy atom. The molecule has 3 rings (SSSR count). The molecular weight excluding hydrogens is 330 g/mol. The summed E-state index contributed by atoms with van der Waals surface area (Å²) in [5, 5.41) is 6.90. The van der Waals surface area contributed by atoms with Gasteiger partial charge in [0.25, 0.3) is 0 Å². The minimum Gasteiger partial charge on any atom is -0.365 e. The van der Waals surface area contributed by atoms with Gasteiger partial charge in [-0.3, -0.25) is 4.90 Å². The summed E-state index contributed by atoms with van der Waals surface area (Å²) in [7, 11) is 0. The number of halogens is 1. The Labute approximate surface area is 135 Å². The van der Waals surface area contributed by atoms with Crippen LogP contribution >= 0.6 is 15.9 Å². The van der Waals surface area contributed by atoms with Crippen molar-refractivity contribution in [2.75, 3.05) is 30.3 Å². The predicted octanol–water partition coefficient (Wildman–Crippen LogP) is 3.10. The van der Waals surface area contributed by atoms with Gasteiger partial charge in [-0.2, -0.15) is 4.98 Å². The van der Waals surface area contributed by atoms with Crippen molar-refractivity contribution in [1.29, 1.82) is 0 Å². The van der Waals surface area contributed by atoms with E-state index in [1.54, 1.807) is 0 Å². The Morgan fingerprint density at radius 1 is 1.33 bits per heavy atom. The van der Waals surface area contributed by atoms with Crippen molar-refractivity contribution in [1.82, 2.24) is 14.9 Å². The average molecular weight is 354 g/mol. The van der Waals surface area contributed by atoms with E-state index in [0.29, 0.717) is 18.0 Å². The van der Waals surface area contributed by atoms with Crippen molar-refractivity contribution in [3.05, 3.63) is 10.7 Å². The van der Waals surface area contributed by atoms with Crippen molar-refractivity contribution in [2.45, 2.75) is 51.1 Å². The molecule has 2 unspecified atom stereocenters. The van der Waals surface area contributed by atoms with E-state index in [0.717, 1.165) is 23.3 Å². The number of hydrogen-bond acceptors (Lipinski definition) is 5. The summed E-state index contributed by atoms with van der Waals surface area (Å²) >= 11 is 3.57. The third kappa shape index (κ3) is 3.48. The number of rotatable bonds is 5. The number of hydrogen-bond donors (Lipinski definition) is 2. The minimum absolute atomic E-state index is 0.510. The monoisotopic (exact) mass is 353 g/mol. The Morgan fingerprint density at radius 3 is 3.10 bits per heavy atom. The van der Waals surface area contributed by atoms with E-state index in [9.17, 15) is 0 Å². The SMILES string of the molecule is CCCNc1ncc(Br)c(NC2CCN3CCCCC23)n1. The van der Waals surface area contributed by atoms with Gasteiger partial charge in [0.15, 0.2) is 0 Å². The third-order valence-electron chi connectivity index (χ3n) is 4.46. The van der Waals surface area contributed by atoms with Crippen LogP contribution in [0.3, 0.4) is 0 Å². The average Bonchev–Trinajstić information content (AvgIpc) is 2.91. The molecule has 1 aromatic rings. The molecule has 21 heavy (non-hydrogen) atoms. The molecule has 1 aromatic heterocycles. The first-order valence-electron chi connectivity index (χ1n) is 8.05. The Kier molecular flexibility index (Phi) is 4.95. The van der Waals surface area contributed by atoms with Crippen molar-refractivity contribution in [3.8, 4) is 0 Å². The quantitative estimate of drug-likeness (QED) is 0.851. The van der Waals surface area contributed by atoms with Gasteiger partial charge in [-0.25, -0.2) is 4.98 Å². The van der Waals surface area contributed by atoms with Gasteiger partial charge in [-0.1, -0.05) is 13.3 Å². The van der Waals surface area contributed by atoms with Crippen LogP contribution in [-0.2, 0) is 0 Å². The number of piperidine rings is 1. The van der Waals surface area contributed by atoms with Crippen LogP contribution in [0.25, 0.3) is 0 Å². The molecule has 5 nitrogen and oxygen atoms in total. The number of aromatic nitrogens is 2. The highest BCUT2D eigenvalue weighted by Crippen LogP contribution is 2.30. The van der Waals surface area contributed by atoms with Gasteiger partial charge < -0.3 is 10.6 Å². The summed E-state index contributed by atoms with van der Waals surface area (Å²) in [6, 6.07) is 1.18. The lowest BCUT2D eigenvalue weighted by Gasteiger charge is -2.32. The normalized spacial score (nSPS) is 25.6. The van der Waals surface area contributed by atoms with Crippen LogP contribution in [0.2, 0.25) is 0 Å². The molecule has 2 N–H and O–H groups in total. The van der Waals surface area contributed by atoms with Gasteiger partial charge in [0.1, 0.15) is 5.82 Å². The molecule has 0 bridgehead atoms. The summed E-state index contributed by atoms with van der Waals surface area (Å²) in [6.07, 6.45) is 8.13. The molecule has 0 saturated carbocycles. The predicted molar refractivity (Wildman–Crippen MR) is 89.8 cm³/mol. The second-order valence-corrected chi connectivity index (χ2v) is 6.81.